The van der Waals surface area contributed by atoms with Crippen LogP contribution in [0.5, 0.6) is 0 Å². The number of benzene rings is 1. The molecule has 2 aromatic rings. The minimum atomic E-state index is -0.192. The molecular weight excluding hydrogens is 292 g/mol. The largest absolute Gasteiger partial charge is 0.466 e. The summed E-state index contributed by atoms with van der Waals surface area (Å²) in [5.74, 6) is 1.68. The van der Waals surface area contributed by atoms with E-state index in [9.17, 15) is 4.79 Å². The summed E-state index contributed by atoms with van der Waals surface area (Å²) in [5.41, 5.74) is 3.01. The average molecular weight is 316 g/mol. The molecule has 0 saturated heterocycles. The summed E-state index contributed by atoms with van der Waals surface area (Å²) in [6.45, 7) is 6.33. The molecule has 0 aliphatic heterocycles. The van der Waals surface area contributed by atoms with Gasteiger partial charge in [0, 0.05) is 12.1 Å². The molecule has 0 radical (unpaired) electrons. The van der Waals surface area contributed by atoms with Gasteiger partial charge in [-0.1, -0.05) is 24.3 Å². The summed E-state index contributed by atoms with van der Waals surface area (Å²) in [5, 5.41) is 14.8. The van der Waals surface area contributed by atoms with E-state index >= 15 is 0 Å². The highest BCUT2D eigenvalue weighted by Crippen LogP contribution is 2.20. The van der Waals surface area contributed by atoms with E-state index < -0.39 is 0 Å². The van der Waals surface area contributed by atoms with Crippen molar-refractivity contribution >= 4 is 6.03 Å². The molecule has 1 heterocycles. The molecule has 1 atom stereocenters. The number of rotatable bonds is 6. The third-order valence-corrected chi connectivity index (χ3v) is 3.80. The molecule has 0 bridgehead atoms. The van der Waals surface area contributed by atoms with Crippen molar-refractivity contribution in [2.45, 2.75) is 39.8 Å². The SMILES string of the molecule is Cc1cc(C(C)NC(=O)NCCc2ccc(CO)cc2)c(C)o1. The van der Waals surface area contributed by atoms with Gasteiger partial charge in [-0.3, -0.25) is 0 Å². The second kappa shape index (κ2) is 7.83. The predicted octanol–water partition coefficient (Wildman–Crippen LogP) is 2.99. The number of amides is 2. The molecule has 1 unspecified atom stereocenters. The molecule has 5 nitrogen and oxygen atoms in total. The minimum absolute atomic E-state index is 0.0473. The fourth-order valence-electron chi connectivity index (χ4n) is 2.54. The molecule has 5 heteroatoms. The Morgan fingerprint density at radius 2 is 1.87 bits per heavy atom. The number of carbonyl (C=O) groups excluding carboxylic acids is 1. The third-order valence-electron chi connectivity index (χ3n) is 3.80. The Kier molecular flexibility index (Phi) is 5.82. The van der Waals surface area contributed by atoms with Gasteiger partial charge in [0.15, 0.2) is 0 Å². The van der Waals surface area contributed by atoms with E-state index in [2.05, 4.69) is 10.6 Å². The second-order valence-electron chi connectivity index (χ2n) is 5.72. The average Bonchev–Trinajstić information content (AvgIpc) is 2.86. The molecule has 0 aliphatic rings. The number of carbonyl (C=O) groups is 1. The van der Waals surface area contributed by atoms with Gasteiger partial charge in [0.2, 0.25) is 0 Å². The van der Waals surface area contributed by atoms with Crippen LogP contribution in [-0.2, 0) is 13.0 Å². The van der Waals surface area contributed by atoms with Gasteiger partial charge in [-0.25, -0.2) is 4.79 Å². The normalized spacial score (nSPS) is 12.0. The highest BCUT2D eigenvalue weighted by molar-refractivity contribution is 5.74. The summed E-state index contributed by atoms with van der Waals surface area (Å²) in [6.07, 6.45) is 0.747. The second-order valence-corrected chi connectivity index (χ2v) is 5.72. The van der Waals surface area contributed by atoms with Crippen LogP contribution in [0.2, 0.25) is 0 Å². The van der Waals surface area contributed by atoms with Crippen molar-refractivity contribution < 1.29 is 14.3 Å². The van der Waals surface area contributed by atoms with Crippen molar-refractivity contribution in [1.29, 1.82) is 0 Å². The standard InChI is InChI=1S/C18H24N2O3/c1-12-10-17(14(3)23-12)13(2)20-18(22)19-9-8-15-4-6-16(11-21)7-5-15/h4-7,10,13,21H,8-9,11H2,1-3H3,(H2,19,20,22). The van der Waals surface area contributed by atoms with Crippen LogP contribution in [0.15, 0.2) is 34.7 Å². The summed E-state index contributed by atoms with van der Waals surface area (Å²) >= 11 is 0. The quantitative estimate of drug-likeness (QED) is 0.767. The molecule has 23 heavy (non-hydrogen) atoms. The molecule has 1 aromatic heterocycles. The molecule has 0 spiro atoms. The van der Waals surface area contributed by atoms with Crippen LogP contribution in [0, 0.1) is 13.8 Å². The van der Waals surface area contributed by atoms with Crippen LogP contribution in [0.25, 0.3) is 0 Å². The van der Waals surface area contributed by atoms with Gasteiger partial charge in [0.25, 0.3) is 0 Å². The van der Waals surface area contributed by atoms with Crippen LogP contribution < -0.4 is 10.6 Å². The Hall–Kier alpha value is -2.27. The van der Waals surface area contributed by atoms with Crippen LogP contribution in [0.3, 0.4) is 0 Å². The molecule has 1 aromatic carbocycles. The highest BCUT2D eigenvalue weighted by atomic mass is 16.3. The van der Waals surface area contributed by atoms with E-state index in [1.807, 2.05) is 51.1 Å². The number of aliphatic hydroxyl groups excluding tert-OH is 1. The maximum Gasteiger partial charge on any atom is 0.315 e. The van der Waals surface area contributed by atoms with Crippen molar-refractivity contribution in [1.82, 2.24) is 10.6 Å². The Labute approximate surface area is 136 Å². The van der Waals surface area contributed by atoms with Crippen LogP contribution >= 0.6 is 0 Å². The van der Waals surface area contributed by atoms with E-state index in [1.54, 1.807) is 0 Å². The number of aryl methyl sites for hydroxylation is 2. The van der Waals surface area contributed by atoms with Gasteiger partial charge in [-0.15, -0.1) is 0 Å². The molecule has 0 saturated carbocycles. The summed E-state index contributed by atoms with van der Waals surface area (Å²) in [6, 6.07) is 9.36. The van der Waals surface area contributed by atoms with Crippen molar-refractivity contribution in [2.24, 2.45) is 0 Å². The Bertz CT molecular complexity index is 647. The van der Waals surface area contributed by atoms with Crippen LogP contribution in [0.1, 0.15) is 41.2 Å². The molecule has 0 aliphatic carbocycles. The first-order chi connectivity index (χ1) is 11.0. The van der Waals surface area contributed by atoms with Crippen molar-refractivity contribution in [3.05, 3.63) is 58.5 Å². The summed E-state index contributed by atoms with van der Waals surface area (Å²) in [7, 11) is 0. The molecule has 0 fully saturated rings. The number of urea groups is 1. The molecule has 2 amide bonds. The first-order valence-electron chi connectivity index (χ1n) is 7.79. The van der Waals surface area contributed by atoms with Gasteiger partial charge in [0.05, 0.1) is 12.6 Å². The van der Waals surface area contributed by atoms with Crippen molar-refractivity contribution in [2.75, 3.05) is 6.54 Å². The zero-order valence-corrected chi connectivity index (χ0v) is 13.8. The Morgan fingerprint density at radius 3 is 2.43 bits per heavy atom. The van der Waals surface area contributed by atoms with Crippen molar-refractivity contribution in [3.63, 3.8) is 0 Å². The third kappa shape index (κ3) is 4.86. The highest BCUT2D eigenvalue weighted by Gasteiger charge is 2.14. The first kappa shape index (κ1) is 17.1. The smallest absolute Gasteiger partial charge is 0.315 e. The van der Waals surface area contributed by atoms with Gasteiger partial charge in [0.1, 0.15) is 11.5 Å². The summed E-state index contributed by atoms with van der Waals surface area (Å²) in [4.78, 5) is 11.9. The lowest BCUT2D eigenvalue weighted by Crippen LogP contribution is -2.38. The lowest BCUT2D eigenvalue weighted by molar-refractivity contribution is 0.238. The fraction of sp³-hybridized carbons (Fsp3) is 0.389. The zero-order valence-electron chi connectivity index (χ0n) is 13.8. The molecular formula is C18H24N2O3. The Morgan fingerprint density at radius 1 is 1.22 bits per heavy atom. The number of hydrogen-bond donors (Lipinski definition) is 3. The lowest BCUT2D eigenvalue weighted by Gasteiger charge is -2.14. The van der Waals surface area contributed by atoms with E-state index in [4.69, 9.17) is 9.52 Å². The molecule has 124 valence electrons. The molecule has 2 rings (SSSR count). The maximum absolute atomic E-state index is 11.9. The van der Waals surface area contributed by atoms with Gasteiger partial charge in [-0.2, -0.15) is 0 Å². The van der Waals surface area contributed by atoms with Gasteiger partial charge < -0.3 is 20.2 Å². The van der Waals surface area contributed by atoms with Crippen molar-refractivity contribution in [3.8, 4) is 0 Å². The van der Waals surface area contributed by atoms with Gasteiger partial charge in [-0.05, 0) is 44.4 Å². The number of furan rings is 1. The van der Waals surface area contributed by atoms with E-state index in [1.165, 1.54) is 0 Å². The zero-order chi connectivity index (χ0) is 16.8. The van der Waals surface area contributed by atoms with Crippen LogP contribution in [-0.4, -0.2) is 17.7 Å². The minimum Gasteiger partial charge on any atom is -0.466 e. The van der Waals surface area contributed by atoms with Crippen LogP contribution in [0.4, 0.5) is 4.79 Å². The number of hydrogen-bond acceptors (Lipinski definition) is 3. The summed E-state index contributed by atoms with van der Waals surface area (Å²) < 4.78 is 5.49. The van der Waals surface area contributed by atoms with Gasteiger partial charge >= 0.3 is 6.03 Å². The van der Waals surface area contributed by atoms with E-state index in [0.717, 1.165) is 34.6 Å². The fourth-order valence-corrected chi connectivity index (χ4v) is 2.54. The molecule has 3 N–H and O–H groups in total. The number of nitrogens with one attached hydrogen (secondary N) is 2. The number of aliphatic hydroxyl groups is 1. The maximum atomic E-state index is 11.9. The Balaban J connectivity index is 1.77. The van der Waals surface area contributed by atoms with E-state index in [-0.39, 0.29) is 18.7 Å². The topological polar surface area (TPSA) is 74.5 Å². The monoisotopic (exact) mass is 316 g/mol. The first-order valence-corrected chi connectivity index (χ1v) is 7.79. The lowest BCUT2D eigenvalue weighted by atomic mass is 10.1. The predicted molar refractivity (Wildman–Crippen MR) is 89.2 cm³/mol. The van der Waals surface area contributed by atoms with E-state index in [0.29, 0.717) is 6.54 Å².